The standard InChI is InChI=1S/C16H18N2O3S/c1-3-18(16(19)13-10-22-17-11(13)2)9-12-5-4-6-14-15(12)21-8-7-20-14/h4-6,10H,3,7-9H2,1-2H3. The molecule has 1 aromatic carbocycles. The number of carbonyl (C=O) groups is 1. The van der Waals surface area contributed by atoms with Gasteiger partial charge in [0.1, 0.15) is 13.2 Å². The van der Waals surface area contributed by atoms with Crippen molar-refractivity contribution in [3.63, 3.8) is 0 Å². The Labute approximate surface area is 133 Å². The highest BCUT2D eigenvalue weighted by Gasteiger charge is 2.22. The largest absolute Gasteiger partial charge is 0.486 e. The minimum Gasteiger partial charge on any atom is -0.486 e. The van der Waals surface area contributed by atoms with Crippen molar-refractivity contribution in [2.75, 3.05) is 19.8 Å². The van der Waals surface area contributed by atoms with Crippen LogP contribution < -0.4 is 9.47 Å². The first-order valence-electron chi connectivity index (χ1n) is 7.28. The number of fused-ring (bicyclic) bond motifs is 1. The second kappa shape index (κ2) is 6.36. The van der Waals surface area contributed by atoms with Crippen molar-refractivity contribution >= 4 is 17.4 Å². The average Bonchev–Trinajstić information content (AvgIpc) is 2.98. The van der Waals surface area contributed by atoms with Gasteiger partial charge in [-0.15, -0.1) is 0 Å². The third-order valence-corrected chi connectivity index (χ3v) is 4.38. The molecular weight excluding hydrogens is 300 g/mol. The van der Waals surface area contributed by atoms with Gasteiger partial charge in [-0.05, 0) is 31.4 Å². The number of para-hydroxylation sites is 1. The Morgan fingerprint density at radius 1 is 1.36 bits per heavy atom. The van der Waals surface area contributed by atoms with E-state index in [4.69, 9.17) is 9.47 Å². The highest BCUT2D eigenvalue weighted by molar-refractivity contribution is 7.03. The topological polar surface area (TPSA) is 51.7 Å². The lowest BCUT2D eigenvalue weighted by Crippen LogP contribution is -2.31. The average molecular weight is 318 g/mol. The van der Waals surface area contributed by atoms with Gasteiger partial charge in [-0.2, -0.15) is 4.37 Å². The number of nitrogens with zero attached hydrogens (tertiary/aromatic N) is 2. The van der Waals surface area contributed by atoms with E-state index in [0.29, 0.717) is 31.9 Å². The van der Waals surface area contributed by atoms with Gasteiger partial charge in [0.2, 0.25) is 0 Å². The maximum Gasteiger partial charge on any atom is 0.256 e. The van der Waals surface area contributed by atoms with Crippen LogP contribution in [0.15, 0.2) is 23.6 Å². The number of hydrogen-bond acceptors (Lipinski definition) is 5. The van der Waals surface area contributed by atoms with Crippen molar-refractivity contribution in [1.82, 2.24) is 9.27 Å². The maximum absolute atomic E-state index is 12.7. The number of hydrogen-bond donors (Lipinski definition) is 0. The summed E-state index contributed by atoms with van der Waals surface area (Å²) in [5.74, 6) is 1.50. The van der Waals surface area contributed by atoms with Gasteiger partial charge in [0, 0.05) is 24.0 Å². The molecule has 2 aromatic rings. The Morgan fingerprint density at radius 3 is 2.91 bits per heavy atom. The maximum atomic E-state index is 12.7. The fourth-order valence-corrected chi connectivity index (χ4v) is 3.15. The van der Waals surface area contributed by atoms with Crippen molar-refractivity contribution in [2.45, 2.75) is 20.4 Å². The van der Waals surface area contributed by atoms with Crippen molar-refractivity contribution in [2.24, 2.45) is 0 Å². The first kappa shape index (κ1) is 14.8. The molecule has 1 aromatic heterocycles. The summed E-state index contributed by atoms with van der Waals surface area (Å²) in [5, 5.41) is 1.81. The van der Waals surface area contributed by atoms with Gasteiger partial charge in [-0.1, -0.05) is 12.1 Å². The van der Waals surface area contributed by atoms with E-state index in [0.717, 1.165) is 22.8 Å². The highest BCUT2D eigenvalue weighted by Crippen LogP contribution is 2.34. The summed E-state index contributed by atoms with van der Waals surface area (Å²) in [6.45, 7) is 6.05. The fourth-order valence-electron chi connectivity index (χ4n) is 2.46. The van der Waals surface area contributed by atoms with Gasteiger partial charge in [0.15, 0.2) is 11.5 Å². The van der Waals surface area contributed by atoms with Crippen molar-refractivity contribution in [1.29, 1.82) is 0 Å². The molecule has 0 aliphatic carbocycles. The summed E-state index contributed by atoms with van der Waals surface area (Å²) >= 11 is 1.31. The van der Waals surface area contributed by atoms with Gasteiger partial charge >= 0.3 is 0 Å². The van der Waals surface area contributed by atoms with Crippen LogP contribution in [0.2, 0.25) is 0 Å². The number of benzene rings is 1. The minimum atomic E-state index is 0.00285. The van der Waals surface area contributed by atoms with Gasteiger partial charge in [-0.25, -0.2) is 0 Å². The quantitative estimate of drug-likeness (QED) is 0.870. The van der Waals surface area contributed by atoms with E-state index in [1.54, 1.807) is 10.3 Å². The summed E-state index contributed by atoms with van der Waals surface area (Å²) in [5.41, 5.74) is 2.42. The van der Waals surface area contributed by atoms with Crippen LogP contribution in [0, 0.1) is 6.92 Å². The zero-order chi connectivity index (χ0) is 15.5. The van der Waals surface area contributed by atoms with E-state index < -0.39 is 0 Å². The second-order valence-electron chi connectivity index (χ2n) is 5.07. The van der Waals surface area contributed by atoms with Crippen LogP contribution in [0.1, 0.15) is 28.5 Å². The van der Waals surface area contributed by atoms with E-state index in [2.05, 4.69) is 4.37 Å². The highest BCUT2D eigenvalue weighted by atomic mass is 32.1. The lowest BCUT2D eigenvalue weighted by molar-refractivity contribution is 0.0748. The smallest absolute Gasteiger partial charge is 0.256 e. The molecule has 0 saturated carbocycles. The fraction of sp³-hybridized carbons (Fsp3) is 0.375. The van der Waals surface area contributed by atoms with Crippen LogP contribution in [0.3, 0.4) is 0 Å². The van der Waals surface area contributed by atoms with E-state index in [1.165, 1.54) is 11.5 Å². The second-order valence-corrected chi connectivity index (χ2v) is 5.70. The van der Waals surface area contributed by atoms with Crippen LogP contribution in [-0.2, 0) is 6.54 Å². The van der Waals surface area contributed by atoms with Crippen LogP contribution in [0.5, 0.6) is 11.5 Å². The molecule has 3 rings (SSSR count). The Morgan fingerprint density at radius 2 is 2.18 bits per heavy atom. The van der Waals surface area contributed by atoms with Crippen LogP contribution >= 0.6 is 11.5 Å². The molecular formula is C16H18N2O3S. The Kier molecular flexibility index (Phi) is 4.29. The summed E-state index contributed by atoms with van der Waals surface area (Å²) in [4.78, 5) is 14.4. The van der Waals surface area contributed by atoms with E-state index in [9.17, 15) is 4.79 Å². The zero-order valence-corrected chi connectivity index (χ0v) is 13.5. The van der Waals surface area contributed by atoms with Crippen LogP contribution in [0.25, 0.3) is 0 Å². The molecule has 5 nitrogen and oxygen atoms in total. The Bertz CT molecular complexity index is 684. The van der Waals surface area contributed by atoms with Crippen molar-refractivity contribution < 1.29 is 14.3 Å². The third-order valence-electron chi connectivity index (χ3n) is 3.66. The number of carbonyl (C=O) groups excluding carboxylic acids is 1. The molecule has 0 unspecified atom stereocenters. The summed E-state index contributed by atoms with van der Waals surface area (Å²) < 4.78 is 15.5. The molecule has 0 saturated heterocycles. The van der Waals surface area contributed by atoms with Gasteiger partial charge in [0.25, 0.3) is 5.91 Å². The SMILES string of the molecule is CCN(Cc1cccc2c1OCCO2)C(=O)c1csnc1C. The molecule has 0 radical (unpaired) electrons. The van der Waals surface area contributed by atoms with Crippen molar-refractivity contribution in [3.05, 3.63) is 40.4 Å². The van der Waals surface area contributed by atoms with Gasteiger partial charge < -0.3 is 14.4 Å². The first-order valence-corrected chi connectivity index (χ1v) is 8.12. The lowest BCUT2D eigenvalue weighted by Gasteiger charge is -2.25. The third kappa shape index (κ3) is 2.78. The molecule has 22 heavy (non-hydrogen) atoms. The number of amides is 1. The molecule has 2 heterocycles. The minimum absolute atomic E-state index is 0.00285. The molecule has 1 amide bonds. The summed E-state index contributed by atoms with van der Waals surface area (Å²) in [6, 6.07) is 5.80. The number of aryl methyl sites for hydroxylation is 1. The van der Waals surface area contributed by atoms with E-state index >= 15 is 0 Å². The Hall–Kier alpha value is -2.08. The molecule has 1 aliphatic heterocycles. The molecule has 0 fully saturated rings. The molecule has 0 bridgehead atoms. The zero-order valence-electron chi connectivity index (χ0n) is 12.7. The van der Waals surface area contributed by atoms with Gasteiger partial charge in [-0.3, -0.25) is 4.79 Å². The monoisotopic (exact) mass is 318 g/mol. The summed E-state index contributed by atoms with van der Waals surface area (Å²) in [7, 11) is 0. The lowest BCUT2D eigenvalue weighted by atomic mass is 10.1. The summed E-state index contributed by atoms with van der Waals surface area (Å²) in [6.07, 6.45) is 0. The molecule has 116 valence electrons. The predicted octanol–water partition coefficient (Wildman–Crippen LogP) is 2.89. The van der Waals surface area contributed by atoms with Gasteiger partial charge in [0.05, 0.1) is 11.3 Å². The first-order chi connectivity index (χ1) is 10.7. The van der Waals surface area contributed by atoms with Crippen LogP contribution in [-0.4, -0.2) is 34.9 Å². The van der Waals surface area contributed by atoms with E-state index in [-0.39, 0.29) is 5.91 Å². The number of aromatic nitrogens is 1. The number of rotatable bonds is 4. The van der Waals surface area contributed by atoms with Crippen LogP contribution in [0.4, 0.5) is 0 Å². The molecule has 6 heteroatoms. The van der Waals surface area contributed by atoms with Crippen molar-refractivity contribution in [3.8, 4) is 11.5 Å². The molecule has 0 N–H and O–H groups in total. The normalized spacial score (nSPS) is 13.0. The molecule has 1 aliphatic rings. The predicted molar refractivity (Wildman–Crippen MR) is 84.7 cm³/mol. The molecule has 0 spiro atoms. The molecule has 0 atom stereocenters. The Balaban J connectivity index is 1.85. The van der Waals surface area contributed by atoms with E-state index in [1.807, 2.05) is 32.0 Å². The number of ether oxygens (including phenoxy) is 2.